The van der Waals surface area contributed by atoms with Crippen molar-refractivity contribution in [1.82, 2.24) is 20.9 Å². The molecule has 3 aromatic carbocycles. The van der Waals surface area contributed by atoms with Crippen LogP contribution >= 0.6 is 0 Å². The first-order chi connectivity index (χ1) is 20.5. The van der Waals surface area contributed by atoms with Gasteiger partial charge in [-0.05, 0) is 74.3 Å². The van der Waals surface area contributed by atoms with Crippen LogP contribution in [0.5, 0.6) is 11.5 Å². The molecule has 3 N–H and O–H groups in total. The second-order valence-corrected chi connectivity index (χ2v) is 10.8. The van der Waals surface area contributed by atoms with E-state index in [1.165, 1.54) is 0 Å². The molecule has 4 bridgehead atoms. The topological polar surface area (TPSA) is 99.8 Å². The smallest absolute Gasteiger partial charge is 0.405 e. The molecule has 0 saturated carbocycles. The van der Waals surface area contributed by atoms with E-state index in [-0.39, 0.29) is 12.8 Å². The van der Waals surface area contributed by atoms with Gasteiger partial charge in [-0.15, -0.1) is 0 Å². The molecule has 4 rings (SSSR count). The Kier molecular flexibility index (Phi) is 10.4. The van der Waals surface area contributed by atoms with Gasteiger partial charge in [0.1, 0.15) is 30.1 Å². The number of halogens is 3. The van der Waals surface area contributed by atoms with Gasteiger partial charge >= 0.3 is 6.18 Å². The molecule has 11 heteroatoms. The zero-order valence-corrected chi connectivity index (χ0v) is 24.0. The van der Waals surface area contributed by atoms with E-state index in [1.807, 2.05) is 53.8 Å². The summed E-state index contributed by atoms with van der Waals surface area (Å²) in [5.41, 5.74) is 2.35. The Morgan fingerprint density at radius 1 is 0.884 bits per heavy atom. The maximum atomic E-state index is 13.7. The van der Waals surface area contributed by atoms with Crippen LogP contribution in [-0.2, 0) is 33.6 Å². The Morgan fingerprint density at radius 3 is 2.12 bits per heavy atom. The number of hydrogen-bond donors (Lipinski definition) is 3. The molecule has 0 saturated heterocycles. The molecular weight excluding hydrogens is 561 g/mol. The molecule has 1 aliphatic heterocycles. The van der Waals surface area contributed by atoms with Crippen molar-refractivity contribution in [2.45, 2.75) is 50.0 Å². The molecule has 0 radical (unpaired) electrons. The summed E-state index contributed by atoms with van der Waals surface area (Å²) in [5, 5.41) is 7.33. The van der Waals surface area contributed by atoms with Crippen LogP contribution in [0.2, 0.25) is 0 Å². The van der Waals surface area contributed by atoms with Crippen LogP contribution in [0.4, 0.5) is 13.2 Å². The number of alkyl halides is 3. The van der Waals surface area contributed by atoms with Crippen LogP contribution in [0.1, 0.15) is 23.1 Å². The molecule has 43 heavy (non-hydrogen) atoms. The lowest BCUT2D eigenvalue weighted by molar-refractivity contribution is -0.141. The molecule has 0 fully saturated rings. The summed E-state index contributed by atoms with van der Waals surface area (Å²) in [6, 6.07) is 20.4. The quantitative estimate of drug-likeness (QED) is 0.402. The predicted molar refractivity (Wildman–Crippen MR) is 156 cm³/mol. The Labute approximate surface area is 248 Å². The van der Waals surface area contributed by atoms with E-state index in [2.05, 4.69) is 10.6 Å². The number of carbonyl (C=O) groups excluding carboxylic acids is 3. The normalized spacial score (nSPS) is 19.6. The Bertz CT molecular complexity index is 1410. The van der Waals surface area contributed by atoms with Gasteiger partial charge in [0.25, 0.3) is 0 Å². The number of nitrogens with one attached hydrogen (secondary N) is 3. The maximum Gasteiger partial charge on any atom is 0.405 e. The van der Waals surface area contributed by atoms with Crippen molar-refractivity contribution in [2.75, 3.05) is 20.6 Å². The first kappa shape index (κ1) is 31.6. The van der Waals surface area contributed by atoms with Gasteiger partial charge in [0.05, 0.1) is 6.04 Å². The number of carbonyl (C=O) groups is 3. The highest BCUT2D eigenvalue weighted by Crippen LogP contribution is 2.25. The summed E-state index contributed by atoms with van der Waals surface area (Å²) in [5.74, 6) is -1.08. The number of hydrogen-bond acceptors (Lipinski definition) is 5. The zero-order chi connectivity index (χ0) is 31.0. The molecular formula is C32H35F3N4O4. The maximum absolute atomic E-state index is 13.7. The van der Waals surface area contributed by atoms with Crippen molar-refractivity contribution in [3.05, 3.63) is 95.6 Å². The molecule has 1 aliphatic rings. The molecule has 8 nitrogen and oxygen atoms in total. The van der Waals surface area contributed by atoms with Gasteiger partial charge in [0, 0.05) is 6.42 Å². The lowest BCUT2D eigenvalue weighted by atomic mass is 10.00. The average Bonchev–Trinajstić information content (AvgIpc) is 2.96. The monoisotopic (exact) mass is 596 g/mol. The van der Waals surface area contributed by atoms with Crippen LogP contribution in [-0.4, -0.2) is 67.6 Å². The summed E-state index contributed by atoms with van der Waals surface area (Å²) in [6.07, 6.45) is -3.76. The van der Waals surface area contributed by atoms with E-state index in [1.54, 1.807) is 49.3 Å². The Morgan fingerprint density at radius 2 is 1.51 bits per heavy atom. The highest BCUT2D eigenvalue weighted by atomic mass is 19.4. The van der Waals surface area contributed by atoms with Gasteiger partial charge in [0.2, 0.25) is 17.7 Å². The summed E-state index contributed by atoms with van der Waals surface area (Å²) >= 11 is 0. The zero-order valence-electron chi connectivity index (χ0n) is 24.0. The summed E-state index contributed by atoms with van der Waals surface area (Å²) in [6.45, 7) is -1.55. The van der Waals surface area contributed by atoms with Crippen LogP contribution in [0.3, 0.4) is 0 Å². The van der Waals surface area contributed by atoms with E-state index < -0.39 is 48.6 Å². The minimum absolute atomic E-state index is 0.105. The highest BCUT2D eigenvalue weighted by Gasteiger charge is 2.33. The molecule has 0 unspecified atom stereocenters. The average molecular weight is 597 g/mol. The van der Waals surface area contributed by atoms with Gasteiger partial charge in [-0.1, -0.05) is 54.6 Å². The van der Waals surface area contributed by atoms with Crippen LogP contribution in [0, 0.1) is 0 Å². The van der Waals surface area contributed by atoms with E-state index in [9.17, 15) is 27.6 Å². The van der Waals surface area contributed by atoms with Crippen molar-refractivity contribution in [2.24, 2.45) is 0 Å². The van der Waals surface area contributed by atoms with Crippen molar-refractivity contribution in [1.29, 1.82) is 0 Å². The largest absolute Gasteiger partial charge is 0.457 e. The predicted octanol–water partition coefficient (Wildman–Crippen LogP) is 3.79. The number of fused-ring (bicyclic) bond motifs is 4. The second kappa shape index (κ2) is 14.2. The molecule has 1 heterocycles. The number of nitrogens with zero attached hydrogens (tertiary/aromatic N) is 1. The van der Waals surface area contributed by atoms with Crippen molar-refractivity contribution < 1.29 is 32.3 Å². The molecule has 3 atom stereocenters. The third kappa shape index (κ3) is 9.57. The number of likely N-dealkylation sites (N-methyl/N-ethyl adjacent to an activating group) is 1. The number of rotatable bonds is 6. The lowest BCUT2D eigenvalue weighted by Gasteiger charge is -2.28. The van der Waals surface area contributed by atoms with Crippen molar-refractivity contribution in [3.63, 3.8) is 0 Å². The van der Waals surface area contributed by atoms with Crippen molar-refractivity contribution in [3.8, 4) is 11.5 Å². The Balaban J connectivity index is 1.70. The third-order valence-corrected chi connectivity index (χ3v) is 7.12. The number of amides is 3. The first-order valence-electron chi connectivity index (χ1n) is 14.0. The molecule has 0 spiro atoms. The lowest BCUT2D eigenvalue weighted by Crippen LogP contribution is -2.57. The highest BCUT2D eigenvalue weighted by molar-refractivity contribution is 5.93. The third-order valence-electron chi connectivity index (χ3n) is 7.12. The van der Waals surface area contributed by atoms with Gasteiger partial charge < -0.3 is 20.7 Å². The molecule has 0 aromatic heterocycles. The van der Waals surface area contributed by atoms with Gasteiger partial charge in [-0.25, -0.2) is 0 Å². The van der Waals surface area contributed by atoms with E-state index in [0.717, 1.165) is 11.1 Å². The molecule has 3 amide bonds. The summed E-state index contributed by atoms with van der Waals surface area (Å²) < 4.78 is 44.8. The van der Waals surface area contributed by atoms with E-state index in [4.69, 9.17) is 4.74 Å². The van der Waals surface area contributed by atoms with E-state index in [0.29, 0.717) is 29.9 Å². The van der Waals surface area contributed by atoms with Crippen LogP contribution in [0.15, 0.2) is 78.9 Å². The molecule has 228 valence electrons. The fourth-order valence-corrected chi connectivity index (χ4v) is 4.86. The van der Waals surface area contributed by atoms with E-state index >= 15 is 0 Å². The van der Waals surface area contributed by atoms with Gasteiger partial charge in [-0.2, -0.15) is 13.2 Å². The SMILES string of the molecule is CN(C)[C@H]1Cc2cccc(c2)Oc2cccc(c2)C[C@@H](C(=O)NCC(F)(F)F)NC(=O)[C@H](CCc2ccccc2)NC1=O. The van der Waals surface area contributed by atoms with Crippen LogP contribution in [0.25, 0.3) is 0 Å². The fourth-order valence-electron chi connectivity index (χ4n) is 4.86. The van der Waals surface area contributed by atoms with Crippen LogP contribution < -0.4 is 20.7 Å². The molecule has 0 aliphatic carbocycles. The number of ether oxygens (including phenoxy) is 1. The minimum Gasteiger partial charge on any atom is -0.457 e. The second-order valence-electron chi connectivity index (χ2n) is 10.8. The Hall–Kier alpha value is -4.38. The summed E-state index contributed by atoms with van der Waals surface area (Å²) in [7, 11) is 3.52. The minimum atomic E-state index is -4.63. The summed E-state index contributed by atoms with van der Waals surface area (Å²) in [4.78, 5) is 42.0. The number of benzene rings is 3. The molecule has 3 aromatic rings. The van der Waals surface area contributed by atoms with Crippen molar-refractivity contribution >= 4 is 17.7 Å². The van der Waals surface area contributed by atoms with Gasteiger partial charge in [-0.3, -0.25) is 19.3 Å². The first-order valence-corrected chi connectivity index (χ1v) is 14.0. The van der Waals surface area contributed by atoms with Gasteiger partial charge in [0.15, 0.2) is 0 Å². The number of aryl methyl sites for hydroxylation is 1. The fraction of sp³-hybridized carbons (Fsp3) is 0.344. The standard InChI is InChI=1S/C32H35F3N4O4/c1-39(2)28-19-23-11-7-13-25(17-23)43-24-12-6-10-22(16-24)18-27(29(40)36-20-32(33,34)35)38-30(41)26(37-31(28)42)15-14-21-8-4-3-5-9-21/h3-13,16-17,26-28H,14-15,18-20H2,1-2H3,(H,36,40)(H,37,42)(H,38,41)/t26-,27-,28-/m0/s1.